The van der Waals surface area contributed by atoms with Crippen LogP contribution in [0.15, 0.2) is 48.7 Å². The van der Waals surface area contributed by atoms with E-state index in [0.29, 0.717) is 28.2 Å². The fraction of sp³-hybridized carbons (Fsp3) is 0.360. The maximum atomic E-state index is 12.7. The SMILES string of the molecule is COc1cc(N2CCCN(C)CC2)ccc1Nc1ncc(Cl)c(Nc2ccccc2P(C)(C)=O)n1. The van der Waals surface area contributed by atoms with Gasteiger partial charge in [0.05, 0.1) is 24.7 Å². The number of methoxy groups -OCH3 is 1. The lowest BCUT2D eigenvalue weighted by molar-refractivity contribution is 0.360. The molecule has 0 radical (unpaired) electrons. The van der Waals surface area contributed by atoms with E-state index in [0.717, 1.165) is 49.3 Å². The third-order valence-corrected chi connectivity index (χ3v) is 7.82. The van der Waals surface area contributed by atoms with Gasteiger partial charge in [0.1, 0.15) is 17.9 Å². The monoisotopic (exact) mass is 514 g/mol. The van der Waals surface area contributed by atoms with E-state index in [1.807, 2.05) is 36.4 Å². The molecule has 1 aromatic heterocycles. The lowest BCUT2D eigenvalue weighted by Crippen LogP contribution is -2.28. The van der Waals surface area contributed by atoms with Gasteiger partial charge in [0, 0.05) is 36.7 Å². The van der Waals surface area contributed by atoms with E-state index in [-0.39, 0.29) is 0 Å². The zero-order chi connectivity index (χ0) is 25.0. The number of hydrogen-bond donors (Lipinski definition) is 2. The van der Waals surface area contributed by atoms with Gasteiger partial charge in [0.2, 0.25) is 5.95 Å². The summed E-state index contributed by atoms with van der Waals surface area (Å²) in [7, 11) is 1.32. The molecule has 2 heterocycles. The van der Waals surface area contributed by atoms with Crippen LogP contribution in [0, 0.1) is 0 Å². The molecule has 0 aliphatic carbocycles. The van der Waals surface area contributed by atoms with Crippen molar-refractivity contribution in [1.29, 1.82) is 0 Å². The summed E-state index contributed by atoms with van der Waals surface area (Å²) < 4.78 is 18.4. The van der Waals surface area contributed by atoms with Gasteiger partial charge in [-0.3, -0.25) is 0 Å². The molecule has 2 aromatic carbocycles. The van der Waals surface area contributed by atoms with E-state index in [9.17, 15) is 4.57 Å². The fourth-order valence-corrected chi connectivity index (χ4v) is 5.39. The Bertz CT molecular complexity index is 1230. The maximum Gasteiger partial charge on any atom is 0.229 e. The van der Waals surface area contributed by atoms with E-state index in [1.165, 1.54) is 6.20 Å². The van der Waals surface area contributed by atoms with Crippen LogP contribution in [0.2, 0.25) is 5.02 Å². The Labute approximate surface area is 212 Å². The summed E-state index contributed by atoms with van der Waals surface area (Å²) in [5, 5.41) is 7.57. The number of nitrogens with one attached hydrogen (secondary N) is 2. The molecular weight excluding hydrogens is 483 g/mol. The van der Waals surface area contributed by atoms with E-state index in [4.69, 9.17) is 16.3 Å². The Morgan fingerprint density at radius 1 is 1.03 bits per heavy atom. The van der Waals surface area contributed by atoms with Crippen molar-refractivity contribution in [3.8, 4) is 5.75 Å². The Morgan fingerprint density at radius 2 is 1.83 bits per heavy atom. The molecule has 0 saturated carbocycles. The van der Waals surface area contributed by atoms with Crippen molar-refractivity contribution in [2.24, 2.45) is 0 Å². The number of para-hydroxylation sites is 1. The number of benzene rings is 2. The first kappa shape index (κ1) is 25.3. The molecule has 10 heteroatoms. The van der Waals surface area contributed by atoms with Gasteiger partial charge in [-0.15, -0.1) is 0 Å². The number of rotatable bonds is 7. The molecule has 0 unspecified atom stereocenters. The van der Waals surface area contributed by atoms with Crippen molar-refractivity contribution in [2.75, 3.05) is 69.2 Å². The summed E-state index contributed by atoms with van der Waals surface area (Å²) in [5.41, 5.74) is 2.59. The summed E-state index contributed by atoms with van der Waals surface area (Å²) in [6, 6.07) is 13.6. The van der Waals surface area contributed by atoms with Gasteiger partial charge in [0.25, 0.3) is 0 Å². The van der Waals surface area contributed by atoms with Crippen LogP contribution in [0.4, 0.5) is 28.8 Å². The van der Waals surface area contributed by atoms with Crippen LogP contribution in [-0.2, 0) is 4.57 Å². The highest BCUT2D eigenvalue weighted by molar-refractivity contribution is 7.70. The number of ether oxygens (including phenoxy) is 1. The van der Waals surface area contributed by atoms with Gasteiger partial charge < -0.3 is 29.7 Å². The van der Waals surface area contributed by atoms with Crippen molar-refractivity contribution in [3.63, 3.8) is 0 Å². The molecule has 8 nitrogen and oxygen atoms in total. The molecule has 0 atom stereocenters. The summed E-state index contributed by atoms with van der Waals surface area (Å²) >= 11 is 6.39. The second-order valence-electron chi connectivity index (χ2n) is 9.04. The van der Waals surface area contributed by atoms with Crippen LogP contribution < -0.4 is 25.6 Å². The molecule has 3 aromatic rings. The predicted octanol–water partition coefficient (Wildman–Crippen LogP) is 5.02. The Morgan fingerprint density at radius 3 is 2.60 bits per heavy atom. The van der Waals surface area contributed by atoms with Crippen LogP contribution in [0.5, 0.6) is 5.75 Å². The highest BCUT2D eigenvalue weighted by Gasteiger charge is 2.18. The zero-order valence-electron chi connectivity index (χ0n) is 20.6. The van der Waals surface area contributed by atoms with Crippen molar-refractivity contribution in [3.05, 3.63) is 53.7 Å². The van der Waals surface area contributed by atoms with E-state index in [1.54, 1.807) is 20.4 Å². The topological polar surface area (TPSA) is 82.6 Å². The van der Waals surface area contributed by atoms with Crippen LogP contribution in [0.25, 0.3) is 0 Å². The Hall–Kier alpha value is -2.80. The first-order valence-electron chi connectivity index (χ1n) is 11.6. The van der Waals surface area contributed by atoms with Gasteiger partial charge >= 0.3 is 0 Å². The summed E-state index contributed by atoms with van der Waals surface area (Å²) in [5.74, 6) is 1.50. The molecular formula is C25H32ClN6O2P. The largest absolute Gasteiger partial charge is 0.494 e. The highest BCUT2D eigenvalue weighted by Crippen LogP contribution is 2.39. The fourth-order valence-electron chi connectivity index (χ4n) is 4.10. The molecule has 1 aliphatic heterocycles. The number of likely N-dealkylation sites (N-methyl/N-ethyl adjacent to an activating group) is 1. The number of aromatic nitrogens is 2. The minimum atomic E-state index is -2.50. The third kappa shape index (κ3) is 6.26. The van der Waals surface area contributed by atoms with Crippen LogP contribution in [0.1, 0.15) is 6.42 Å². The standard InChI is InChI=1S/C25H32ClN6O2P/c1-31-12-7-13-32(15-14-31)18-10-11-20(22(16-18)34-2)29-25-27-17-19(26)24(30-25)28-21-8-5-6-9-23(21)35(3,4)33/h5-6,8-11,16-17H,7,12-15H2,1-4H3,(H2,27,28,29,30). The van der Waals surface area contributed by atoms with Gasteiger partial charge in [-0.25, -0.2) is 4.98 Å². The smallest absolute Gasteiger partial charge is 0.229 e. The lowest BCUT2D eigenvalue weighted by atomic mass is 10.2. The van der Waals surface area contributed by atoms with Crippen LogP contribution >= 0.6 is 18.7 Å². The Balaban J connectivity index is 1.56. The van der Waals surface area contributed by atoms with Crippen molar-refractivity contribution >= 4 is 52.9 Å². The number of nitrogens with zero attached hydrogens (tertiary/aromatic N) is 4. The van der Waals surface area contributed by atoms with E-state index < -0.39 is 7.14 Å². The minimum Gasteiger partial charge on any atom is -0.494 e. The number of halogens is 1. The number of anilines is 5. The molecule has 186 valence electrons. The molecule has 1 fully saturated rings. The van der Waals surface area contributed by atoms with Crippen molar-refractivity contribution in [1.82, 2.24) is 14.9 Å². The first-order chi connectivity index (χ1) is 16.7. The van der Waals surface area contributed by atoms with Gasteiger partial charge in [-0.1, -0.05) is 23.7 Å². The zero-order valence-corrected chi connectivity index (χ0v) is 22.2. The quantitative estimate of drug-likeness (QED) is 0.425. The molecule has 1 saturated heterocycles. The molecule has 0 spiro atoms. The summed E-state index contributed by atoms with van der Waals surface area (Å²) in [4.78, 5) is 13.6. The summed E-state index contributed by atoms with van der Waals surface area (Å²) in [6.45, 7) is 7.61. The lowest BCUT2D eigenvalue weighted by Gasteiger charge is -2.24. The first-order valence-corrected chi connectivity index (χ1v) is 14.5. The molecule has 0 bridgehead atoms. The van der Waals surface area contributed by atoms with Gasteiger partial charge in [0.15, 0.2) is 5.82 Å². The third-order valence-electron chi connectivity index (χ3n) is 6.00. The predicted molar refractivity (Wildman–Crippen MR) is 146 cm³/mol. The van der Waals surface area contributed by atoms with E-state index in [2.05, 4.69) is 43.5 Å². The van der Waals surface area contributed by atoms with Crippen molar-refractivity contribution < 1.29 is 9.30 Å². The summed E-state index contributed by atoms with van der Waals surface area (Å²) in [6.07, 6.45) is 2.66. The second-order valence-corrected chi connectivity index (χ2v) is 12.6. The normalized spacial score (nSPS) is 14.9. The molecule has 0 amide bonds. The van der Waals surface area contributed by atoms with Crippen LogP contribution in [0.3, 0.4) is 0 Å². The maximum absolute atomic E-state index is 12.7. The second kappa shape index (κ2) is 10.9. The number of hydrogen-bond acceptors (Lipinski definition) is 8. The average molecular weight is 515 g/mol. The minimum absolute atomic E-state index is 0.362. The van der Waals surface area contributed by atoms with E-state index >= 15 is 0 Å². The van der Waals surface area contributed by atoms with Gasteiger partial charge in [-0.2, -0.15) is 4.98 Å². The Kier molecular flexibility index (Phi) is 7.85. The average Bonchev–Trinajstić information content (AvgIpc) is 3.05. The molecule has 1 aliphatic rings. The molecule has 2 N–H and O–H groups in total. The highest BCUT2D eigenvalue weighted by atomic mass is 35.5. The van der Waals surface area contributed by atoms with Crippen molar-refractivity contribution in [2.45, 2.75) is 6.42 Å². The molecule has 35 heavy (non-hydrogen) atoms. The van der Waals surface area contributed by atoms with Gasteiger partial charge in [-0.05, 0) is 57.6 Å². The van der Waals surface area contributed by atoms with Crippen LogP contribution in [-0.4, -0.2) is 68.5 Å². The molecule has 4 rings (SSSR count).